The van der Waals surface area contributed by atoms with Crippen LogP contribution in [0.4, 0.5) is 0 Å². The van der Waals surface area contributed by atoms with Crippen molar-refractivity contribution in [2.24, 2.45) is 0 Å². The SMILES string of the molecule is CCN(CC)CCc1nc(-c2ccc3c(c2)OCO3)c2cc3c(cc2n1)OCO3. The summed E-state index contributed by atoms with van der Waals surface area (Å²) in [5.41, 5.74) is 2.68. The van der Waals surface area contributed by atoms with Crippen LogP contribution >= 0.6 is 0 Å². The van der Waals surface area contributed by atoms with Crippen molar-refractivity contribution in [3.8, 4) is 34.3 Å². The molecular weight excluding hydrogens is 370 g/mol. The number of aromatic nitrogens is 2. The Balaban J connectivity index is 1.61. The second kappa shape index (κ2) is 7.40. The van der Waals surface area contributed by atoms with E-state index < -0.39 is 0 Å². The zero-order valence-electron chi connectivity index (χ0n) is 16.6. The Kier molecular flexibility index (Phi) is 4.60. The summed E-state index contributed by atoms with van der Waals surface area (Å²) < 4.78 is 22.2. The van der Waals surface area contributed by atoms with E-state index >= 15 is 0 Å². The molecule has 2 aromatic carbocycles. The Morgan fingerprint density at radius 3 is 2.28 bits per heavy atom. The molecule has 0 fully saturated rings. The Morgan fingerprint density at radius 1 is 0.828 bits per heavy atom. The summed E-state index contributed by atoms with van der Waals surface area (Å²) in [4.78, 5) is 12.1. The van der Waals surface area contributed by atoms with E-state index in [1.54, 1.807) is 0 Å². The van der Waals surface area contributed by atoms with E-state index in [4.69, 9.17) is 28.9 Å². The van der Waals surface area contributed by atoms with Crippen molar-refractivity contribution in [2.75, 3.05) is 33.2 Å². The summed E-state index contributed by atoms with van der Waals surface area (Å²) in [5, 5.41) is 0.930. The highest BCUT2D eigenvalue weighted by atomic mass is 16.7. The number of ether oxygens (including phenoxy) is 4. The first kappa shape index (κ1) is 18.0. The van der Waals surface area contributed by atoms with Crippen LogP contribution in [0.25, 0.3) is 22.2 Å². The first-order chi connectivity index (χ1) is 14.2. The minimum Gasteiger partial charge on any atom is -0.454 e. The molecule has 7 nitrogen and oxygen atoms in total. The molecule has 29 heavy (non-hydrogen) atoms. The van der Waals surface area contributed by atoms with Gasteiger partial charge in [0.05, 0.1) is 11.2 Å². The van der Waals surface area contributed by atoms with Crippen LogP contribution in [0.1, 0.15) is 19.7 Å². The maximum atomic E-state index is 5.58. The third kappa shape index (κ3) is 3.31. The van der Waals surface area contributed by atoms with E-state index in [0.29, 0.717) is 0 Å². The fourth-order valence-corrected chi connectivity index (χ4v) is 3.74. The van der Waals surface area contributed by atoms with Gasteiger partial charge in [0.1, 0.15) is 5.82 Å². The molecule has 3 aromatic rings. The van der Waals surface area contributed by atoms with Crippen molar-refractivity contribution in [2.45, 2.75) is 20.3 Å². The van der Waals surface area contributed by atoms with Crippen LogP contribution < -0.4 is 18.9 Å². The summed E-state index contributed by atoms with van der Waals surface area (Å²) >= 11 is 0. The van der Waals surface area contributed by atoms with Gasteiger partial charge in [-0.3, -0.25) is 0 Å². The topological polar surface area (TPSA) is 65.9 Å². The zero-order valence-corrected chi connectivity index (χ0v) is 16.6. The molecular formula is C22H23N3O4. The van der Waals surface area contributed by atoms with E-state index in [1.807, 2.05) is 30.3 Å². The van der Waals surface area contributed by atoms with E-state index in [2.05, 4.69) is 18.7 Å². The van der Waals surface area contributed by atoms with Crippen LogP contribution in [0.5, 0.6) is 23.0 Å². The van der Waals surface area contributed by atoms with Gasteiger partial charge in [-0.15, -0.1) is 0 Å². The molecule has 0 amide bonds. The van der Waals surface area contributed by atoms with Crippen LogP contribution in [0, 0.1) is 0 Å². The fourth-order valence-electron chi connectivity index (χ4n) is 3.74. The van der Waals surface area contributed by atoms with Gasteiger partial charge >= 0.3 is 0 Å². The minimum atomic E-state index is 0.229. The average Bonchev–Trinajstić information content (AvgIpc) is 3.40. The number of likely N-dealkylation sites (N-methyl/N-ethyl adjacent to an activating group) is 1. The lowest BCUT2D eigenvalue weighted by Crippen LogP contribution is -2.25. The zero-order chi connectivity index (χ0) is 19.8. The molecule has 150 valence electrons. The van der Waals surface area contributed by atoms with Gasteiger partial charge in [-0.05, 0) is 37.4 Å². The van der Waals surface area contributed by atoms with E-state index in [0.717, 1.165) is 77.0 Å². The van der Waals surface area contributed by atoms with Crippen molar-refractivity contribution >= 4 is 10.9 Å². The molecule has 0 spiro atoms. The molecule has 0 aliphatic carbocycles. The predicted molar refractivity (Wildman–Crippen MR) is 109 cm³/mol. The molecule has 0 bridgehead atoms. The Labute approximate surface area is 169 Å². The van der Waals surface area contributed by atoms with Crippen molar-refractivity contribution in [3.63, 3.8) is 0 Å². The normalized spacial score (nSPS) is 14.2. The van der Waals surface area contributed by atoms with Crippen LogP contribution in [0.15, 0.2) is 30.3 Å². The molecule has 0 atom stereocenters. The van der Waals surface area contributed by atoms with Crippen LogP contribution in [0.3, 0.4) is 0 Å². The highest BCUT2D eigenvalue weighted by molar-refractivity contribution is 5.95. The number of fused-ring (bicyclic) bond motifs is 3. The first-order valence-corrected chi connectivity index (χ1v) is 9.97. The third-order valence-electron chi connectivity index (χ3n) is 5.43. The largest absolute Gasteiger partial charge is 0.454 e. The van der Waals surface area contributed by atoms with Gasteiger partial charge in [-0.25, -0.2) is 9.97 Å². The van der Waals surface area contributed by atoms with E-state index in [1.165, 1.54) is 0 Å². The maximum absolute atomic E-state index is 5.58. The summed E-state index contributed by atoms with van der Waals surface area (Å²) in [6.45, 7) is 7.76. The van der Waals surface area contributed by atoms with Crippen LogP contribution in [-0.4, -0.2) is 48.1 Å². The lowest BCUT2D eigenvalue weighted by molar-refractivity contribution is 0.173. The third-order valence-corrected chi connectivity index (χ3v) is 5.43. The number of hydrogen-bond donors (Lipinski definition) is 0. The Hall–Kier alpha value is -3.06. The van der Waals surface area contributed by atoms with Gasteiger partial charge in [0, 0.05) is 30.0 Å². The number of nitrogens with zero attached hydrogens (tertiary/aromatic N) is 3. The molecule has 0 saturated carbocycles. The molecule has 0 N–H and O–H groups in total. The molecule has 7 heteroatoms. The number of benzene rings is 2. The monoisotopic (exact) mass is 393 g/mol. The highest BCUT2D eigenvalue weighted by Crippen LogP contribution is 2.41. The van der Waals surface area contributed by atoms with Crippen LogP contribution in [-0.2, 0) is 6.42 Å². The smallest absolute Gasteiger partial charge is 0.231 e. The van der Waals surface area contributed by atoms with Gasteiger partial charge in [0.15, 0.2) is 23.0 Å². The van der Waals surface area contributed by atoms with Crippen molar-refractivity contribution < 1.29 is 18.9 Å². The maximum Gasteiger partial charge on any atom is 0.231 e. The summed E-state index contributed by atoms with van der Waals surface area (Å²) in [7, 11) is 0. The lowest BCUT2D eigenvalue weighted by atomic mass is 10.0. The lowest BCUT2D eigenvalue weighted by Gasteiger charge is -2.17. The summed E-state index contributed by atoms with van der Waals surface area (Å²) in [5.74, 6) is 3.75. The molecule has 3 heterocycles. The summed E-state index contributed by atoms with van der Waals surface area (Å²) in [6, 6.07) is 9.81. The molecule has 2 aliphatic heterocycles. The number of rotatable bonds is 6. The van der Waals surface area contributed by atoms with Gasteiger partial charge in [-0.2, -0.15) is 0 Å². The van der Waals surface area contributed by atoms with Gasteiger partial charge < -0.3 is 23.8 Å². The molecule has 2 aliphatic rings. The van der Waals surface area contributed by atoms with Crippen LogP contribution in [0.2, 0.25) is 0 Å². The predicted octanol–water partition coefficient (Wildman–Crippen LogP) is 3.64. The van der Waals surface area contributed by atoms with Gasteiger partial charge in [0.2, 0.25) is 13.6 Å². The highest BCUT2D eigenvalue weighted by Gasteiger charge is 2.21. The quantitative estimate of drug-likeness (QED) is 0.633. The number of hydrogen-bond acceptors (Lipinski definition) is 7. The second-order valence-electron chi connectivity index (χ2n) is 7.06. The summed E-state index contributed by atoms with van der Waals surface area (Å²) in [6.07, 6.45) is 0.781. The van der Waals surface area contributed by atoms with E-state index in [-0.39, 0.29) is 13.6 Å². The van der Waals surface area contributed by atoms with Gasteiger partial charge in [-0.1, -0.05) is 13.8 Å². The van der Waals surface area contributed by atoms with Crippen molar-refractivity contribution in [1.29, 1.82) is 0 Å². The standard InChI is InChI=1S/C22H23N3O4/c1-3-25(4-2)8-7-21-23-16-11-20-19(28-13-29-20)10-15(16)22(24-21)14-5-6-17-18(9-14)27-12-26-17/h5-6,9-11H,3-4,7-8,12-13H2,1-2H3. The molecule has 0 saturated heterocycles. The molecule has 0 radical (unpaired) electrons. The van der Waals surface area contributed by atoms with E-state index in [9.17, 15) is 0 Å². The van der Waals surface area contributed by atoms with Crippen molar-refractivity contribution in [3.05, 3.63) is 36.2 Å². The fraction of sp³-hybridized carbons (Fsp3) is 0.364. The second-order valence-corrected chi connectivity index (χ2v) is 7.06. The Morgan fingerprint density at radius 2 is 1.52 bits per heavy atom. The molecule has 5 rings (SSSR count). The first-order valence-electron chi connectivity index (χ1n) is 9.97. The van der Waals surface area contributed by atoms with Gasteiger partial charge in [0.25, 0.3) is 0 Å². The molecule has 1 aromatic heterocycles. The Bertz CT molecular complexity index is 1070. The average molecular weight is 393 g/mol. The molecule has 0 unspecified atom stereocenters. The van der Waals surface area contributed by atoms with Crippen molar-refractivity contribution in [1.82, 2.24) is 14.9 Å². The minimum absolute atomic E-state index is 0.229.